The topological polar surface area (TPSA) is 58.4 Å². The van der Waals surface area contributed by atoms with Crippen LogP contribution in [0.1, 0.15) is 27.2 Å². The predicted molar refractivity (Wildman–Crippen MR) is 59.0 cm³/mol. The highest BCUT2D eigenvalue weighted by Crippen LogP contribution is 1.96. The van der Waals surface area contributed by atoms with Crippen molar-refractivity contribution in [3.8, 4) is 0 Å². The number of nitrogens with zero attached hydrogens (tertiary/aromatic N) is 1. The Balaban J connectivity index is 3.98. The van der Waals surface area contributed by atoms with E-state index in [4.69, 9.17) is 5.73 Å². The van der Waals surface area contributed by atoms with E-state index in [1.807, 2.05) is 25.8 Å². The molecule has 0 fully saturated rings. The van der Waals surface area contributed by atoms with E-state index in [9.17, 15) is 4.79 Å². The maximum absolute atomic E-state index is 11.6. The Morgan fingerprint density at radius 3 is 2.50 bits per heavy atom. The number of carbonyl (C=O) groups excluding carboxylic acids is 1. The Hall–Kier alpha value is -0.610. The number of carbonyl (C=O) groups is 1. The van der Waals surface area contributed by atoms with Crippen molar-refractivity contribution in [2.75, 3.05) is 20.1 Å². The summed E-state index contributed by atoms with van der Waals surface area (Å²) in [5.41, 5.74) is 5.42. The molecule has 4 heteroatoms. The fourth-order valence-electron chi connectivity index (χ4n) is 1.06. The normalized spacial score (nSPS) is 15.3. The van der Waals surface area contributed by atoms with Crippen LogP contribution in [-0.2, 0) is 4.79 Å². The Kier molecular flexibility index (Phi) is 6.49. The number of amides is 1. The van der Waals surface area contributed by atoms with Crippen molar-refractivity contribution in [2.24, 2.45) is 5.73 Å². The van der Waals surface area contributed by atoms with Gasteiger partial charge in [0.1, 0.15) is 0 Å². The molecule has 0 spiro atoms. The van der Waals surface area contributed by atoms with Gasteiger partial charge < -0.3 is 11.1 Å². The van der Waals surface area contributed by atoms with Crippen LogP contribution in [-0.4, -0.2) is 43.0 Å². The minimum atomic E-state index is -0.104. The summed E-state index contributed by atoms with van der Waals surface area (Å²) < 4.78 is 0. The lowest BCUT2D eigenvalue weighted by Gasteiger charge is -2.24. The van der Waals surface area contributed by atoms with Gasteiger partial charge in [-0.25, -0.2) is 0 Å². The number of rotatable bonds is 6. The number of hydrogen-bond acceptors (Lipinski definition) is 3. The van der Waals surface area contributed by atoms with Gasteiger partial charge in [-0.05, 0) is 27.3 Å². The molecule has 0 saturated heterocycles. The molecule has 2 atom stereocenters. The molecule has 3 N–H and O–H groups in total. The maximum atomic E-state index is 11.6. The van der Waals surface area contributed by atoms with Crippen LogP contribution in [0, 0.1) is 0 Å². The molecule has 0 aromatic heterocycles. The second kappa shape index (κ2) is 6.79. The third-order valence-electron chi connectivity index (χ3n) is 2.52. The fourth-order valence-corrected chi connectivity index (χ4v) is 1.06. The zero-order chi connectivity index (χ0) is 11.1. The first-order valence-electron chi connectivity index (χ1n) is 5.23. The first kappa shape index (κ1) is 13.4. The zero-order valence-corrected chi connectivity index (χ0v) is 9.71. The van der Waals surface area contributed by atoms with E-state index in [0.29, 0.717) is 6.54 Å². The van der Waals surface area contributed by atoms with Crippen LogP contribution in [0.2, 0.25) is 0 Å². The number of nitrogens with one attached hydrogen (secondary N) is 1. The molecular formula is C10H23N3O. The average Bonchev–Trinajstić information content (AvgIpc) is 2.16. The molecule has 4 nitrogen and oxygen atoms in total. The van der Waals surface area contributed by atoms with Crippen LogP contribution in [0.25, 0.3) is 0 Å². The van der Waals surface area contributed by atoms with Crippen LogP contribution in [0.5, 0.6) is 0 Å². The average molecular weight is 201 g/mol. The molecule has 0 rings (SSSR count). The largest absolute Gasteiger partial charge is 0.352 e. The Morgan fingerprint density at radius 2 is 2.07 bits per heavy atom. The van der Waals surface area contributed by atoms with Crippen LogP contribution < -0.4 is 11.1 Å². The van der Waals surface area contributed by atoms with Gasteiger partial charge in [0.2, 0.25) is 5.91 Å². The van der Waals surface area contributed by atoms with Gasteiger partial charge in [0.05, 0.1) is 6.04 Å². The van der Waals surface area contributed by atoms with Crippen molar-refractivity contribution >= 4 is 5.91 Å². The summed E-state index contributed by atoms with van der Waals surface area (Å²) in [6.45, 7) is 7.28. The molecule has 2 unspecified atom stereocenters. The van der Waals surface area contributed by atoms with Gasteiger partial charge in [-0.2, -0.15) is 0 Å². The van der Waals surface area contributed by atoms with Gasteiger partial charge in [0, 0.05) is 19.1 Å². The highest BCUT2D eigenvalue weighted by atomic mass is 16.2. The molecule has 0 bridgehead atoms. The molecule has 0 saturated carbocycles. The summed E-state index contributed by atoms with van der Waals surface area (Å²) in [4.78, 5) is 13.6. The first-order chi connectivity index (χ1) is 6.52. The van der Waals surface area contributed by atoms with Crippen molar-refractivity contribution in [2.45, 2.75) is 39.3 Å². The monoisotopic (exact) mass is 201 g/mol. The molecule has 0 heterocycles. The van der Waals surface area contributed by atoms with Gasteiger partial charge in [0.15, 0.2) is 0 Å². The van der Waals surface area contributed by atoms with Crippen LogP contribution in [0.3, 0.4) is 0 Å². The minimum Gasteiger partial charge on any atom is -0.352 e. The lowest BCUT2D eigenvalue weighted by molar-refractivity contribution is -0.126. The van der Waals surface area contributed by atoms with Crippen molar-refractivity contribution in [1.82, 2.24) is 10.2 Å². The lowest BCUT2D eigenvalue weighted by atomic mass is 10.2. The Labute approximate surface area is 86.8 Å². The summed E-state index contributed by atoms with van der Waals surface area (Å²) in [7, 11) is 1.91. The highest BCUT2D eigenvalue weighted by molar-refractivity contribution is 5.81. The van der Waals surface area contributed by atoms with E-state index >= 15 is 0 Å². The summed E-state index contributed by atoms with van der Waals surface area (Å²) in [6, 6.07) is 0.142. The summed E-state index contributed by atoms with van der Waals surface area (Å²) in [5, 5.41) is 2.95. The van der Waals surface area contributed by atoms with E-state index in [-0.39, 0.29) is 18.0 Å². The van der Waals surface area contributed by atoms with Crippen molar-refractivity contribution in [3.63, 3.8) is 0 Å². The molecule has 0 aliphatic carbocycles. The maximum Gasteiger partial charge on any atom is 0.237 e. The molecule has 1 amide bonds. The smallest absolute Gasteiger partial charge is 0.237 e. The van der Waals surface area contributed by atoms with E-state index in [0.717, 1.165) is 13.0 Å². The van der Waals surface area contributed by atoms with Crippen molar-refractivity contribution in [1.29, 1.82) is 0 Å². The standard InChI is InChI=1S/C10H23N3O/c1-5-8(2)12-10(14)9(3)13(4)7-6-11/h8-9H,5-7,11H2,1-4H3,(H,12,14). The molecule has 84 valence electrons. The van der Waals surface area contributed by atoms with E-state index in [1.54, 1.807) is 0 Å². The van der Waals surface area contributed by atoms with Gasteiger partial charge in [-0.15, -0.1) is 0 Å². The number of hydrogen-bond donors (Lipinski definition) is 2. The third-order valence-corrected chi connectivity index (χ3v) is 2.52. The number of nitrogens with two attached hydrogens (primary N) is 1. The van der Waals surface area contributed by atoms with Crippen LogP contribution >= 0.6 is 0 Å². The quantitative estimate of drug-likeness (QED) is 0.644. The van der Waals surface area contributed by atoms with E-state index in [2.05, 4.69) is 12.2 Å². The molecule has 0 aliphatic heterocycles. The molecule has 14 heavy (non-hydrogen) atoms. The first-order valence-corrected chi connectivity index (χ1v) is 5.23. The molecule has 0 aliphatic rings. The SMILES string of the molecule is CCC(C)NC(=O)C(C)N(C)CCN. The molecule has 0 aromatic carbocycles. The Bertz CT molecular complexity index is 173. The van der Waals surface area contributed by atoms with Gasteiger partial charge in [-0.1, -0.05) is 6.92 Å². The van der Waals surface area contributed by atoms with Crippen molar-refractivity contribution < 1.29 is 4.79 Å². The second-order valence-corrected chi connectivity index (χ2v) is 3.76. The summed E-state index contributed by atoms with van der Waals surface area (Å²) >= 11 is 0. The Morgan fingerprint density at radius 1 is 1.50 bits per heavy atom. The fraction of sp³-hybridized carbons (Fsp3) is 0.900. The minimum absolute atomic E-state index is 0.0790. The third kappa shape index (κ3) is 4.58. The number of likely N-dealkylation sites (N-methyl/N-ethyl adjacent to an activating group) is 1. The van der Waals surface area contributed by atoms with E-state index in [1.165, 1.54) is 0 Å². The van der Waals surface area contributed by atoms with Gasteiger partial charge in [-0.3, -0.25) is 9.69 Å². The summed E-state index contributed by atoms with van der Waals surface area (Å²) in [5.74, 6) is 0.0790. The molecular weight excluding hydrogens is 178 g/mol. The highest BCUT2D eigenvalue weighted by Gasteiger charge is 2.17. The van der Waals surface area contributed by atoms with Crippen LogP contribution in [0.15, 0.2) is 0 Å². The van der Waals surface area contributed by atoms with Gasteiger partial charge in [0.25, 0.3) is 0 Å². The second-order valence-electron chi connectivity index (χ2n) is 3.76. The van der Waals surface area contributed by atoms with Crippen LogP contribution in [0.4, 0.5) is 0 Å². The van der Waals surface area contributed by atoms with Gasteiger partial charge >= 0.3 is 0 Å². The zero-order valence-electron chi connectivity index (χ0n) is 9.71. The predicted octanol–water partition coefficient (Wildman–Crippen LogP) is 0.180. The summed E-state index contributed by atoms with van der Waals surface area (Å²) in [6.07, 6.45) is 0.957. The molecule has 0 aromatic rings. The molecule has 0 radical (unpaired) electrons. The lowest BCUT2D eigenvalue weighted by Crippen LogP contribution is -2.47. The van der Waals surface area contributed by atoms with Crippen molar-refractivity contribution in [3.05, 3.63) is 0 Å². The van der Waals surface area contributed by atoms with E-state index < -0.39 is 0 Å².